The molecule has 0 radical (unpaired) electrons. The average Bonchev–Trinajstić information content (AvgIpc) is 3.02. The highest BCUT2D eigenvalue weighted by Crippen LogP contribution is 2.34. The van der Waals surface area contributed by atoms with Crippen LogP contribution in [0.1, 0.15) is 95.1 Å². The third kappa shape index (κ3) is 8.79. The molecule has 2 nitrogen and oxygen atoms in total. The standard InChI is InChI=1S/C37H44F4O2/c1-3-5-7-8-9-10-11-13-14-28-20-21-30(35(39)34(28)38)26-16-18-27(19-17-26)31-22-23-32(37(41)36(31)40)29-24-42-33(43-25-29)15-12-6-4-2/h4,6,16-23,29,33H,3,5,7-15,24-25H2,1-2H3/b6-4+. The van der Waals surface area contributed by atoms with Gasteiger partial charge in [-0.3, -0.25) is 0 Å². The van der Waals surface area contributed by atoms with E-state index in [1.807, 2.05) is 19.1 Å². The predicted molar refractivity (Wildman–Crippen MR) is 166 cm³/mol. The molecule has 0 N–H and O–H groups in total. The number of aryl methyl sites for hydroxylation is 1. The molecule has 1 fully saturated rings. The molecule has 1 aliphatic rings. The molecule has 0 spiro atoms. The van der Waals surface area contributed by atoms with Gasteiger partial charge in [0.05, 0.1) is 13.2 Å². The molecule has 0 saturated carbocycles. The smallest absolute Gasteiger partial charge is 0.166 e. The van der Waals surface area contributed by atoms with Crippen molar-refractivity contribution in [3.8, 4) is 22.3 Å². The number of rotatable bonds is 15. The fourth-order valence-corrected chi connectivity index (χ4v) is 5.68. The van der Waals surface area contributed by atoms with Crippen molar-refractivity contribution >= 4 is 0 Å². The molecule has 43 heavy (non-hydrogen) atoms. The van der Waals surface area contributed by atoms with Crippen LogP contribution in [0.25, 0.3) is 22.3 Å². The summed E-state index contributed by atoms with van der Waals surface area (Å²) in [6, 6.07) is 12.8. The largest absolute Gasteiger partial charge is 0.352 e. The van der Waals surface area contributed by atoms with E-state index in [1.165, 1.54) is 32.1 Å². The second-order valence-electron chi connectivity index (χ2n) is 11.5. The van der Waals surface area contributed by atoms with Crippen LogP contribution >= 0.6 is 0 Å². The second kappa shape index (κ2) is 16.8. The lowest BCUT2D eigenvalue weighted by Gasteiger charge is -2.30. The maximum Gasteiger partial charge on any atom is 0.166 e. The Morgan fingerprint density at radius 2 is 1.23 bits per heavy atom. The predicted octanol–water partition coefficient (Wildman–Crippen LogP) is 11.1. The minimum atomic E-state index is -0.956. The van der Waals surface area contributed by atoms with Crippen LogP contribution in [0.5, 0.6) is 0 Å². The molecule has 3 aromatic rings. The molecule has 0 aromatic heterocycles. The van der Waals surface area contributed by atoms with Gasteiger partial charge in [-0.15, -0.1) is 0 Å². The molecule has 1 saturated heterocycles. The maximum absolute atomic E-state index is 15.2. The van der Waals surface area contributed by atoms with Crippen LogP contribution in [0.3, 0.4) is 0 Å². The summed E-state index contributed by atoms with van der Waals surface area (Å²) >= 11 is 0. The highest BCUT2D eigenvalue weighted by atomic mass is 19.2. The van der Waals surface area contributed by atoms with E-state index in [0.717, 1.165) is 25.7 Å². The SMILES string of the molecule is C/C=C/CCC1OCC(c2ccc(-c3ccc(-c4ccc(CCCCCCCCCC)c(F)c4F)cc3)c(F)c2F)CO1. The molecule has 232 valence electrons. The van der Waals surface area contributed by atoms with Gasteiger partial charge in [-0.05, 0) is 48.4 Å². The van der Waals surface area contributed by atoms with Gasteiger partial charge in [0.1, 0.15) is 0 Å². The fraction of sp³-hybridized carbons (Fsp3) is 0.459. The van der Waals surface area contributed by atoms with E-state index in [4.69, 9.17) is 9.47 Å². The van der Waals surface area contributed by atoms with Crippen molar-refractivity contribution < 1.29 is 27.0 Å². The zero-order valence-electron chi connectivity index (χ0n) is 25.4. The summed E-state index contributed by atoms with van der Waals surface area (Å²) in [5.74, 6) is -3.98. The molecular weight excluding hydrogens is 552 g/mol. The second-order valence-corrected chi connectivity index (χ2v) is 11.5. The average molecular weight is 597 g/mol. The molecule has 1 aliphatic heterocycles. The Balaban J connectivity index is 1.37. The van der Waals surface area contributed by atoms with Crippen LogP contribution in [-0.2, 0) is 15.9 Å². The summed E-state index contributed by atoms with van der Waals surface area (Å²) in [4.78, 5) is 0. The van der Waals surface area contributed by atoms with Gasteiger partial charge >= 0.3 is 0 Å². The zero-order chi connectivity index (χ0) is 30.6. The Bertz CT molecular complexity index is 1330. The molecule has 0 atom stereocenters. The van der Waals surface area contributed by atoms with Gasteiger partial charge in [0.25, 0.3) is 0 Å². The topological polar surface area (TPSA) is 18.5 Å². The third-order valence-electron chi connectivity index (χ3n) is 8.29. The van der Waals surface area contributed by atoms with Crippen molar-refractivity contribution in [1.82, 2.24) is 0 Å². The van der Waals surface area contributed by atoms with Gasteiger partial charge in [0, 0.05) is 23.5 Å². The number of halogens is 4. The van der Waals surface area contributed by atoms with Crippen LogP contribution in [0.15, 0.2) is 60.7 Å². The minimum Gasteiger partial charge on any atom is -0.352 e. The Morgan fingerprint density at radius 1 is 0.674 bits per heavy atom. The summed E-state index contributed by atoms with van der Waals surface area (Å²) < 4.78 is 71.8. The molecule has 4 rings (SSSR count). The molecule has 0 amide bonds. The van der Waals surface area contributed by atoms with Gasteiger partial charge in [0.2, 0.25) is 0 Å². The van der Waals surface area contributed by atoms with Crippen LogP contribution in [0, 0.1) is 23.3 Å². The van der Waals surface area contributed by atoms with Crippen LogP contribution < -0.4 is 0 Å². The van der Waals surface area contributed by atoms with Crippen molar-refractivity contribution in [1.29, 1.82) is 0 Å². The van der Waals surface area contributed by atoms with E-state index in [2.05, 4.69) is 6.92 Å². The van der Waals surface area contributed by atoms with Crippen molar-refractivity contribution in [2.24, 2.45) is 0 Å². The Kier molecular flexibility index (Phi) is 12.8. The van der Waals surface area contributed by atoms with Crippen molar-refractivity contribution in [2.75, 3.05) is 13.2 Å². The van der Waals surface area contributed by atoms with E-state index in [9.17, 15) is 4.39 Å². The van der Waals surface area contributed by atoms with Gasteiger partial charge in [-0.25, -0.2) is 17.6 Å². The van der Waals surface area contributed by atoms with Gasteiger partial charge < -0.3 is 9.47 Å². The number of hydrogen-bond donors (Lipinski definition) is 0. The molecular formula is C37H44F4O2. The Morgan fingerprint density at radius 3 is 1.84 bits per heavy atom. The molecule has 0 unspecified atom stereocenters. The van der Waals surface area contributed by atoms with Gasteiger partial charge in [-0.1, -0.05) is 113 Å². The zero-order valence-corrected chi connectivity index (χ0v) is 25.4. The van der Waals surface area contributed by atoms with Crippen molar-refractivity contribution in [2.45, 2.75) is 96.7 Å². The van der Waals surface area contributed by atoms with E-state index in [0.29, 0.717) is 29.5 Å². The van der Waals surface area contributed by atoms with Crippen molar-refractivity contribution in [3.05, 3.63) is 95.1 Å². The number of unbranched alkanes of at least 4 members (excludes halogenated alkanes) is 7. The first-order chi connectivity index (χ1) is 20.9. The summed E-state index contributed by atoms with van der Waals surface area (Å²) in [7, 11) is 0. The number of benzene rings is 3. The van der Waals surface area contributed by atoms with E-state index >= 15 is 13.2 Å². The Labute approximate surface area is 254 Å². The van der Waals surface area contributed by atoms with E-state index < -0.39 is 29.2 Å². The first kappa shape index (κ1) is 32.9. The molecule has 0 aliphatic carbocycles. The quantitative estimate of drug-likeness (QED) is 0.0987. The highest BCUT2D eigenvalue weighted by molar-refractivity contribution is 5.71. The molecule has 0 bridgehead atoms. The van der Waals surface area contributed by atoms with Crippen LogP contribution in [0.4, 0.5) is 17.6 Å². The van der Waals surface area contributed by atoms with Crippen molar-refractivity contribution in [3.63, 3.8) is 0 Å². The first-order valence-corrected chi connectivity index (χ1v) is 15.8. The summed E-state index contributed by atoms with van der Waals surface area (Å²) in [6.07, 6.45) is 14.8. The third-order valence-corrected chi connectivity index (χ3v) is 8.29. The van der Waals surface area contributed by atoms with Gasteiger partial charge in [-0.2, -0.15) is 0 Å². The first-order valence-electron chi connectivity index (χ1n) is 15.8. The fourth-order valence-electron chi connectivity index (χ4n) is 5.68. The van der Waals surface area contributed by atoms with Crippen LogP contribution in [-0.4, -0.2) is 19.5 Å². The maximum atomic E-state index is 15.2. The normalized spacial score (nSPS) is 17.2. The summed E-state index contributed by atoms with van der Waals surface area (Å²) in [5.41, 5.74) is 1.76. The van der Waals surface area contributed by atoms with E-state index in [1.54, 1.807) is 48.5 Å². The lowest BCUT2D eigenvalue weighted by Crippen LogP contribution is -2.31. The van der Waals surface area contributed by atoms with E-state index in [-0.39, 0.29) is 36.2 Å². The molecule has 3 aromatic carbocycles. The monoisotopic (exact) mass is 596 g/mol. The highest BCUT2D eigenvalue weighted by Gasteiger charge is 2.27. The Hall–Kier alpha value is -2.96. The number of allylic oxidation sites excluding steroid dienone is 2. The lowest BCUT2D eigenvalue weighted by atomic mass is 9.94. The number of hydrogen-bond acceptors (Lipinski definition) is 2. The molecule has 1 heterocycles. The van der Waals surface area contributed by atoms with Crippen LogP contribution in [0.2, 0.25) is 0 Å². The lowest BCUT2D eigenvalue weighted by molar-refractivity contribution is -0.189. The molecule has 6 heteroatoms. The minimum absolute atomic E-state index is 0.0991. The summed E-state index contributed by atoms with van der Waals surface area (Å²) in [5, 5.41) is 0. The van der Waals surface area contributed by atoms with Gasteiger partial charge in [0.15, 0.2) is 29.6 Å². The number of ether oxygens (including phenoxy) is 2. The summed E-state index contributed by atoms with van der Waals surface area (Å²) in [6.45, 7) is 4.66.